The molecule has 0 aliphatic carbocycles. The molecule has 0 aliphatic rings. The van der Waals surface area contributed by atoms with Gasteiger partial charge < -0.3 is 9.84 Å². The normalized spacial score (nSPS) is 10.3. The SMILES string of the molecule is Cc1cc(C(=O)O)ccc1OCc1ccc(F)cc1Cl. The first-order valence-electron chi connectivity index (χ1n) is 5.88. The zero-order valence-electron chi connectivity index (χ0n) is 10.7. The van der Waals surface area contributed by atoms with Gasteiger partial charge in [-0.15, -0.1) is 0 Å². The van der Waals surface area contributed by atoms with Gasteiger partial charge in [0.25, 0.3) is 0 Å². The monoisotopic (exact) mass is 294 g/mol. The highest BCUT2D eigenvalue weighted by Crippen LogP contribution is 2.23. The summed E-state index contributed by atoms with van der Waals surface area (Å²) in [6, 6.07) is 8.68. The maximum Gasteiger partial charge on any atom is 0.335 e. The van der Waals surface area contributed by atoms with Crippen LogP contribution >= 0.6 is 11.6 Å². The zero-order chi connectivity index (χ0) is 14.7. The third-order valence-electron chi connectivity index (χ3n) is 2.82. The van der Waals surface area contributed by atoms with E-state index in [2.05, 4.69) is 0 Å². The van der Waals surface area contributed by atoms with Crippen molar-refractivity contribution in [2.75, 3.05) is 0 Å². The van der Waals surface area contributed by atoms with E-state index in [4.69, 9.17) is 21.4 Å². The van der Waals surface area contributed by atoms with Crippen molar-refractivity contribution in [1.82, 2.24) is 0 Å². The van der Waals surface area contributed by atoms with Crippen LogP contribution in [0.15, 0.2) is 36.4 Å². The maximum absolute atomic E-state index is 12.9. The van der Waals surface area contributed by atoms with Gasteiger partial charge in [0.05, 0.1) is 10.6 Å². The number of aryl methyl sites for hydroxylation is 1. The van der Waals surface area contributed by atoms with Crippen LogP contribution in [0.5, 0.6) is 5.75 Å². The molecule has 0 heterocycles. The predicted molar refractivity (Wildman–Crippen MR) is 73.9 cm³/mol. The van der Waals surface area contributed by atoms with Gasteiger partial charge >= 0.3 is 5.97 Å². The average molecular weight is 295 g/mol. The third kappa shape index (κ3) is 3.27. The van der Waals surface area contributed by atoms with Crippen LogP contribution in [0.3, 0.4) is 0 Å². The van der Waals surface area contributed by atoms with Gasteiger partial charge in [0.2, 0.25) is 0 Å². The lowest BCUT2D eigenvalue weighted by Crippen LogP contribution is -2.01. The van der Waals surface area contributed by atoms with E-state index >= 15 is 0 Å². The molecule has 3 nitrogen and oxygen atoms in total. The molecule has 20 heavy (non-hydrogen) atoms. The smallest absolute Gasteiger partial charge is 0.335 e. The van der Waals surface area contributed by atoms with Crippen molar-refractivity contribution in [2.45, 2.75) is 13.5 Å². The highest BCUT2D eigenvalue weighted by atomic mass is 35.5. The van der Waals surface area contributed by atoms with Gasteiger partial charge in [0.15, 0.2) is 0 Å². The highest BCUT2D eigenvalue weighted by molar-refractivity contribution is 6.31. The summed E-state index contributed by atoms with van der Waals surface area (Å²) in [5.41, 5.74) is 1.58. The van der Waals surface area contributed by atoms with Gasteiger partial charge in [0, 0.05) is 5.56 Å². The number of rotatable bonds is 4. The number of benzene rings is 2. The van der Waals surface area contributed by atoms with Crippen molar-refractivity contribution < 1.29 is 19.0 Å². The topological polar surface area (TPSA) is 46.5 Å². The molecule has 0 unspecified atom stereocenters. The number of aromatic carboxylic acids is 1. The summed E-state index contributed by atoms with van der Waals surface area (Å²) in [4.78, 5) is 10.8. The fraction of sp³-hybridized carbons (Fsp3) is 0.133. The Morgan fingerprint density at radius 3 is 2.65 bits per heavy atom. The summed E-state index contributed by atoms with van der Waals surface area (Å²) in [7, 11) is 0. The second-order valence-corrected chi connectivity index (χ2v) is 4.72. The molecular weight excluding hydrogens is 283 g/mol. The largest absolute Gasteiger partial charge is 0.489 e. The molecule has 2 aromatic carbocycles. The summed E-state index contributed by atoms with van der Waals surface area (Å²) in [6.07, 6.45) is 0. The summed E-state index contributed by atoms with van der Waals surface area (Å²) in [6.45, 7) is 1.94. The van der Waals surface area contributed by atoms with E-state index in [0.717, 1.165) is 0 Å². The number of hydrogen-bond donors (Lipinski definition) is 1. The minimum Gasteiger partial charge on any atom is -0.489 e. The Labute approximate surface area is 120 Å². The fourth-order valence-corrected chi connectivity index (χ4v) is 1.96. The van der Waals surface area contributed by atoms with Gasteiger partial charge in [-0.1, -0.05) is 17.7 Å². The van der Waals surface area contributed by atoms with Crippen LogP contribution in [0.4, 0.5) is 4.39 Å². The van der Waals surface area contributed by atoms with Crippen LogP contribution in [-0.4, -0.2) is 11.1 Å². The van der Waals surface area contributed by atoms with Crippen molar-refractivity contribution >= 4 is 17.6 Å². The Kier molecular flexibility index (Phi) is 4.25. The van der Waals surface area contributed by atoms with Crippen molar-refractivity contribution in [3.8, 4) is 5.75 Å². The molecule has 1 N–H and O–H groups in total. The molecule has 0 fully saturated rings. The Morgan fingerprint density at radius 1 is 1.30 bits per heavy atom. The Hall–Kier alpha value is -2.07. The zero-order valence-corrected chi connectivity index (χ0v) is 11.4. The number of carbonyl (C=O) groups is 1. The molecule has 0 atom stereocenters. The van der Waals surface area contributed by atoms with Crippen LogP contribution in [0, 0.1) is 12.7 Å². The Bertz CT molecular complexity index is 656. The number of ether oxygens (including phenoxy) is 1. The number of carboxylic acids is 1. The van der Waals surface area contributed by atoms with Crippen LogP contribution in [0.2, 0.25) is 5.02 Å². The molecule has 5 heteroatoms. The van der Waals surface area contributed by atoms with Gasteiger partial charge in [-0.25, -0.2) is 9.18 Å². The summed E-state index contributed by atoms with van der Waals surface area (Å²) >= 11 is 5.90. The minimum atomic E-state index is -0.985. The van der Waals surface area contributed by atoms with Crippen molar-refractivity contribution in [1.29, 1.82) is 0 Å². The highest BCUT2D eigenvalue weighted by Gasteiger charge is 2.08. The van der Waals surface area contributed by atoms with Crippen LogP contribution in [-0.2, 0) is 6.61 Å². The van der Waals surface area contributed by atoms with Gasteiger partial charge in [-0.2, -0.15) is 0 Å². The Balaban J connectivity index is 2.13. The third-order valence-corrected chi connectivity index (χ3v) is 3.17. The van der Waals surface area contributed by atoms with E-state index in [-0.39, 0.29) is 12.2 Å². The molecule has 0 aliphatic heterocycles. The fourth-order valence-electron chi connectivity index (χ4n) is 1.74. The standard InChI is InChI=1S/C15H12ClFO3/c1-9-6-10(15(18)19)3-5-14(9)20-8-11-2-4-12(17)7-13(11)16/h2-7H,8H2,1H3,(H,18,19). The van der Waals surface area contributed by atoms with E-state index < -0.39 is 11.8 Å². The van der Waals surface area contributed by atoms with Crippen molar-refractivity contribution in [3.05, 3.63) is 63.9 Å². The molecule has 0 spiro atoms. The van der Waals surface area contributed by atoms with E-state index in [1.54, 1.807) is 19.1 Å². The summed E-state index contributed by atoms with van der Waals surface area (Å²) in [5, 5.41) is 9.17. The van der Waals surface area contributed by atoms with E-state index in [1.807, 2.05) is 0 Å². The number of halogens is 2. The molecule has 2 aromatic rings. The summed E-state index contributed by atoms with van der Waals surface area (Å²) < 4.78 is 18.5. The van der Waals surface area contributed by atoms with E-state index in [1.165, 1.54) is 24.3 Å². The molecule has 0 bridgehead atoms. The van der Waals surface area contributed by atoms with Crippen molar-refractivity contribution in [3.63, 3.8) is 0 Å². The van der Waals surface area contributed by atoms with Crippen LogP contribution in [0.25, 0.3) is 0 Å². The van der Waals surface area contributed by atoms with Gasteiger partial charge in [-0.3, -0.25) is 0 Å². The summed E-state index contributed by atoms with van der Waals surface area (Å²) in [5.74, 6) is -0.822. The second-order valence-electron chi connectivity index (χ2n) is 4.31. The average Bonchev–Trinajstić information content (AvgIpc) is 2.38. The maximum atomic E-state index is 12.9. The number of carboxylic acid groups (broad SMARTS) is 1. The van der Waals surface area contributed by atoms with Gasteiger partial charge in [-0.05, 0) is 42.8 Å². The molecule has 0 amide bonds. The lowest BCUT2D eigenvalue weighted by molar-refractivity contribution is 0.0696. The molecule has 0 saturated carbocycles. The lowest BCUT2D eigenvalue weighted by atomic mass is 10.1. The predicted octanol–water partition coefficient (Wildman–Crippen LogP) is 4.06. The molecular formula is C15H12ClFO3. The van der Waals surface area contributed by atoms with Crippen molar-refractivity contribution in [2.24, 2.45) is 0 Å². The molecule has 0 saturated heterocycles. The quantitative estimate of drug-likeness (QED) is 0.925. The van der Waals surface area contributed by atoms with E-state index in [0.29, 0.717) is 21.9 Å². The van der Waals surface area contributed by atoms with Gasteiger partial charge in [0.1, 0.15) is 18.2 Å². The lowest BCUT2D eigenvalue weighted by Gasteiger charge is -2.10. The van der Waals surface area contributed by atoms with E-state index in [9.17, 15) is 9.18 Å². The minimum absolute atomic E-state index is 0.187. The first-order valence-corrected chi connectivity index (χ1v) is 6.26. The Morgan fingerprint density at radius 2 is 2.05 bits per heavy atom. The molecule has 0 radical (unpaired) electrons. The molecule has 0 aromatic heterocycles. The molecule has 104 valence electrons. The molecule has 2 rings (SSSR count). The number of hydrogen-bond acceptors (Lipinski definition) is 2. The van der Waals surface area contributed by atoms with Crippen LogP contribution < -0.4 is 4.74 Å². The van der Waals surface area contributed by atoms with Crippen LogP contribution in [0.1, 0.15) is 21.5 Å². The first kappa shape index (κ1) is 14.3. The second kappa shape index (κ2) is 5.92. The first-order chi connectivity index (χ1) is 9.47.